The SMILES string of the molecule is O=C(CNCCc1c[nH]c2ccccc12)Nc1c2c(nc3ccccc13)CCC2. The summed E-state index contributed by atoms with van der Waals surface area (Å²) < 4.78 is 0. The number of benzene rings is 2. The van der Waals surface area contributed by atoms with Crippen molar-refractivity contribution in [1.29, 1.82) is 0 Å². The average molecular weight is 384 g/mol. The maximum atomic E-state index is 12.6. The Balaban J connectivity index is 1.24. The minimum atomic E-state index is -0.00520. The van der Waals surface area contributed by atoms with Crippen LogP contribution in [0, 0.1) is 0 Å². The van der Waals surface area contributed by atoms with E-state index in [4.69, 9.17) is 4.98 Å². The second-order valence-electron chi connectivity index (χ2n) is 7.62. The van der Waals surface area contributed by atoms with Crippen molar-refractivity contribution in [3.8, 4) is 0 Å². The molecule has 5 heteroatoms. The molecule has 0 fully saturated rings. The topological polar surface area (TPSA) is 69.8 Å². The van der Waals surface area contributed by atoms with E-state index in [0.717, 1.165) is 60.0 Å². The summed E-state index contributed by atoms with van der Waals surface area (Å²) >= 11 is 0. The van der Waals surface area contributed by atoms with Crippen LogP contribution in [0.5, 0.6) is 0 Å². The molecule has 2 aromatic heterocycles. The molecular weight excluding hydrogens is 360 g/mol. The molecule has 0 saturated heterocycles. The third-order valence-electron chi connectivity index (χ3n) is 5.72. The molecule has 29 heavy (non-hydrogen) atoms. The quantitative estimate of drug-likeness (QED) is 0.441. The molecule has 5 nitrogen and oxygen atoms in total. The molecule has 0 spiro atoms. The molecular formula is C24H24N4O. The van der Waals surface area contributed by atoms with Gasteiger partial charge in [0, 0.05) is 28.2 Å². The van der Waals surface area contributed by atoms with E-state index >= 15 is 0 Å². The van der Waals surface area contributed by atoms with Crippen molar-refractivity contribution in [2.45, 2.75) is 25.7 Å². The van der Waals surface area contributed by atoms with Gasteiger partial charge >= 0.3 is 0 Å². The lowest BCUT2D eigenvalue weighted by Gasteiger charge is -2.14. The van der Waals surface area contributed by atoms with E-state index in [9.17, 15) is 4.79 Å². The van der Waals surface area contributed by atoms with Crippen molar-refractivity contribution in [2.24, 2.45) is 0 Å². The molecule has 0 aliphatic heterocycles. The number of hydrogen-bond acceptors (Lipinski definition) is 3. The van der Waals surface area contributed by atoms with Gasteiger partial charge in [-0.15, -0.1) is 0 Å². The summed E-state index contributed by atoms with van der Waals surface area (Å²) in [5.74, 6) is -0.00520. The van der Waals surface area contributed by atoms with Gasteiger partial charge in [0.05, 0.1) is 17.7 Å². The Morgan fingerprint density at radius 2 is 1.86 bits per heavy atom. The minimum Gasteiger partial charge on any atom is -0.361 e. The van der Waals surface area contributed by atoms with Crippen LogP contribution in [0.1, 0.15) is 23.2 Å². The average Bonchev–Trinajstić information content (AvgIpc) is 3.38. The summed E-state index contributed by atoms with van der Waals surface area (Å²) in [4.78, 5) is 20.7. The third kappa shape index (κ3) is 3.49. The zero-order valence-electron chi connectivity index (χ0n) is 16.3. The predicted molar refractivity (Wildman–Crippen MR) is 117 cm³/mol. The van der Waals surface area contributed by atoms with Crippen LogP contribution in [-0.4, -0.2) is 29.0 Å². The monoisotopic (exact) mass is 384 g/mol. The van der Waals surface area contributed by atoms with Gasteiger partial charge in [0.1, 0.15) is 0 Å². The number of fused-ring (bicyclic) bond motifs is 3. The van der Waals surface area contributed by atoms with E-state index < -0.39 is 0 Å². The number of nitrogens with zero attached hydrogens (tertiary/aromatic N) is 1. The van der Waals surface area contributed by atoms with E-state index in [0.29, 0.717) is 6.54 Å². The molecule has 1 amide bonds. The standard InChI is InChI=1S/C24H24N4O/c29-23(15-25-13-12-16-14-26-20-9-3-1-6-17(16)20)28-24-18-7-2-4-10-21(18)27-22-11-5-8-19(22)24/h1-4,6-7,9-10,14,25-26H,5,8,11-13,15H2,(H,27,28,29). The molecule has 0 radical (unpaired) electrons. The van der Waals surface area contributed by atoms with E-state index in [1.165, 1.54) is 16.5 Å². The maximum absolute atomic E-state index is 12.6. The number of nitrogens with one attached hydrogen (secondary N) is 3. The number of amides is 1. The van der Waals surface area contributed by atoms with E-state index in [-0.39, 0.29) is 5.91 Å². The highest BCUT2D eigenvalue weighted by Gasteiger charge is 2.20. The molecule has 0 saturated carbocycles. The zero-order valence-corrected chi connectivity index (χ0v) is 16.3. The fourth-order valence-electron chi connectivity index (χ4n) is 4.30. The highest BCUT2D eigenvalue weighted by molar-refractivity contribution is 6.03. The summed E-state index contributed by atoms with van der Waals surface area (Å²) in [7, 11) is 0. The molecule has 146 valence electrons. The second-order valence-corrected chi connectivity index (χ2v) is 7.62. The Kier molecular flexibility index (Phi) is 4.74. The van der Waals surface area contributed by atoms with Gasteiger partial charge in [-0.2, -0.15) is 0 Å². The predicted octanol–water partition coefficient (Wildman–Crippen LogP) is 3.98. The number of aromatic nitrogens is 2. The number of rotatable bonds is 6. The molecule has 1 aliphatic rings. The third-order valence-corrected chi connectivity index (χ3v) is 5.72. The Bertz CT molecular complexity index is 1190. The van der Waals surface area contributed by atoms with Crippen LogP contribution < -0.4 is 10.6 Å². The van der Waals surface area contributed by atoms with Crippen LogP contribution in [0.25, 0.3) is 21.8 Å². The summed E-state index contributed by atoms with van der Waals surface area (Å²) in [6, 6.07) is 16.3. The first-order valence-corrected chi connectivity index (χ1v) is 10.3. The summed E-state index contributed by atoms with van der Waals surface area (Å²) in [5, 5.41) is 8.72. The number of hydrogen-bond donors (Lipinski definition) is 3. The summed E-state index contributed by atoms with van der Waals surface area (Å²) in [6.07, 6.45) is 6.01. The normalized spacial score (nSPS) is 13.1. The van der Waals surface area contributed by atoms with Gasteiger partial charge in [-0.25, -0.2) is 0 Å². The highest BCUT2D eigenvalue weighted by Crippen LogP contribution is 2.33. The fraction of sp³-hybridized carbons (Fsp3) is 0.250. The van der Waals surface area contributed by atoms with Crippen molar-refractivity contribution in [2.75, 3.05) is 18.4 Å². The van der Waals surface area contributed by atoms with Crippen molar-refractivity contribution in [3.05, 3.63) is 71.5 Å². The van der Waals surface area contributed by atoms with Gasteiger partial charge in [-0.3, -0.25) is 9.78 Å². The molecule has 4 aromatic rings. The molecule has 0 unspecified atom stereocenters. The number of carbonyl (C=O) groups is 1. The largest absolute Gasteiger partial charge is 0.361 e. The summed E-state index contributed by atoms with van der Waals surface area (Å²) in [5.41, 5.74) is 6.66. The van der Waals surface area contributed by atoms with Crippen molar-refractivity contribution < 1.29 is 4.79 Å². The lowest BCUT2D eigenvalue weighted by molar-refractivity contribution is -0.115. The Hall–Kier alpha value is -3.18. The van der Waals surface area contributed by atoms with Crippen LogP contribution in [0.15, 0.2) is 54.7 Å². The number of para-hydroxylation sites is 2. The maximum Gasteiger partial charge on any atom is 0.238 e. The number of anilines is 1. The summed E-state index contributed by atoms with van der Waals surface area (Å²) in [6.45, 7) is 1.05. The number of aryl methyl sites for hydroxylation is 1. The minimum absolute atomic E-state index is 0.00520. The van der Waals surface area contributed by atoms with Gasteiger partial charge in [0.25, 0.3) is 0 Å². The van der Waals surface area contributed by atoms with Crippen molar-refractivity contribution in [1.82, 2.24) is 15.3 Å². The first-order chi connectivity index (χ1) is 14.3. The van der Waals surface area contributed by atoms with E-state index in [2.05, 4.69) is 40.0 Å². The van der Waals surface area contributed by atoms with Crippen LogP contribution in [0.3, 0.4) is 0 Å². The molecule has 2 aromatic carbocycles. The van der Waals surface area contributed by atoms with Gasteiger partial charge < -0.3 is 15.6 Å². The van der Waals surface area contributed by atoms with Crippen molar-refractivity contribution in [3.63, 3.8) is 0 Å². The highest BCUT2D eigenvalue weighted by atomic mass is 16.1. The molecule has 2 heterocycles. The Labute approximate surface area is 169 Å². The molecule has 5 rings (SSSR count). The molecule has 1 aliphatic carbocycles. The second kappa shape index (κ2) is 7.68. The van der Waals surface area contributed by atoms with Gasteiger partial charge in [-0.1, -0.05) is 36.4 Å². The van der Waals surface area contributed by atoms with Crippen molar-refractivity contribution >= 4 is 33.4 Å². The van der Waals surface area contributed by atoms with Crippen LogP contribution in [-0.2, 0) is 24.1 Å². The van der Waals surface area contributed by atoms with Crippen LogP contribution in [0.4, 0.5) is 5.69 Å². The van der Waals surface area contributed by atoms with Gasteiger partial charge in [-0.05, 0) is 55.5 Å². The number of H-pyrrole nitrogens is 1. The van der Waals surface area contributed by atoms with Gasteiger partial charge in [0.2, 0.25) is 5.91 Å². The Morgan fingerprint density at radius 1 is 1.03 bits per heavy atom. The molecule has 0 atom stereocenters. The number of carbonyl (C=O) groups excluding carboxylic acids is 1. The smallest absolute Gasteiger partial charge is 0.238 e. The van der Waals surface area contributed by atoms with Crippen LogP contribution in [0.2, 0.25) is 0 Å². The lowest BCUT2D eigenvalue weighted by atomic mass is 10.1. The van der Waals surface area contributed by atoms with E-state index in [1.54, 1.807) is 0 Å². The van der Waals surface area contributed by atoms with Gasteiger partial charge in [0.15, 0.2) is 0 Å². The molecule has 0 bridgehead atoms. The number of pyridine rings is 1. The number of aromatic amines is 1. The molecule has 3 N–H and O–H groups in total. The van der Waals surface area contributed by atoms with Crippen LogP contribution >= 0.6 is 0 Å². The van der Waals surface area contributed by atoms with E-state index in [1.807, 2.05) is 30.3 Å². The zero-order chi connectivity index (χ0) is 19.6. The lowest BCUT2D eigenvalue weighted by Crippen LogP contribution is -2.30. The Morgan fingerprint density at radius 3 is 2.79 bits per heavy atom. The first kappa shape index (κ1) is 17.9. The fourth-order valence-corrected chi connectivity index (χ4v) is 4.30. The first-order valence-electron chi connectivity index (χ1n) is 10.3.